The second kappa shape index (κ2) is 7.06. The molecule has 1 fully saturated rings. The van der Waals surface area contributed by atoms with E-state index < -0.39 is 0 Å². The third kappa shape index (κ3) is 4.05. The van der Waals surface area contributed by atoms with E-state index in [1.54, 1.807) is 0 Å². The summed E-state index contributed by atoms with van der Waals surface area (Å²) >= 11 is 0. The zero-order valence-corrected chi connectivity index (χ0v) is 12.6. The summed E-state index contributed by atoms with van der Waals surface area (Å²) in [7, 11) is 0. The van der Waals surface area contributed by atoms with Crippen molar-refractivity contribution < 1.29 is 0 Å². The molecule has 1 saturated heterocycles. The van der Waals surface area contributed by atoms with E-state index in [1.807, 2.05) is 0 Å². The van der Waals surface area contributed by atoms with Gasteiger partial charge < -0.3 is 0 Å². The van der Waals surface area contributed by atoms with Crippen molar-refractivity contribution in [1.82, 2.24) is 10.4 Å². The predicted molar refractivity (Wildman–Crippen MR) is 82.0 cm³/mol. The molecule has 2 rings (SSSR count). The number of benzene rings is 1. The van der Waals surface area contributed by atoms with Gasteiger partial charge in [-0.1, -0.05) is 43.7 Å². The van der Waals surface area contributed by atoms with Crippen LogP contribution in [0.1, 0.15) is 52.0 Å². The molecule has 2 heteroatoms. The topological polar surface area (TPSA) is 15.3 Å². The number of piperidine rings is 1. The molecule has 0 bridgehead atoms. The fourth-order valence-electron chi connectivity index (χ4n) is 3.07. The van der Waals surface area contributed by atoms with E-state index in [9.17, 15) is 0 Å². The van der Waals surface area contributed by atoms with E-state index in [-0.39, 0.29) is 0 Å². The van der Waals surface area contributed by atoms with Crippen molar-refractivity contribution in [3.8, 4) is 0 Å². The van der Waals surface area contributed by atoms with Crippen LogP contribution in [0, 0.1) is 0 Å². The van der Waals surface area contributed by atoms with Crippen LogP contribution in [0.4, 0.5) is 0 Å². The maximum atomic E-state index is 3.79. The summed E-state index contributed by atoms with van der Waals surface area (Å²) in [6, 6.07) is 12.7. The first kappa shape index (κ1) is 14.5. The van der Waals surface area contributed by atoms with E-state index in [0.717, 1.165) is 6.42 Å². The van der Waals surface area contributed by atoms with Crippen molar-refractivity contribution in [2.75, 3.05) is 0 Å². The molecule has 0 aromatic heterocycles. The van der Waals surface area contributed by atoms with Crippen LogP contribution in [0.2, 0.25) is 0 Å². The lowest BCUT2D eigenvalue weighted by molar-refractivity contribution is 0.0287. The van der Waals surface area contributed by atoms with Gasteiger partial charge in [0, 0.05) is 18.1 Å². The van der Waals surface area contributed by atoms with Crippen molar-refractivity contribution in [3.63, 3.8) is 0 Å². The third-order valence-corrected chi connectivity index (χ3v) is 4.34. The first-order valence-electron chi connectivity index (χ1n) is 7.79. The first-order chi connectivity index (χ1) is 9.20. The van der Waals surface area contributed by atoms with Crippen LogP contribution in [0.15, 0.2) is 30.3 Å². The molecule has 1 aromatic rings. The largest absolute Gasteiger partial charge is 0.251 e. The Bertz CT molecular complexity index is 353. The average Bonchev–Trinajstić information content (AvgIpc) is 2.43. The molecule has 0 aliphatic carbocycles. The standard InChI is InChI=1S/C17H28N2/c1-4-17(13-16-11-6-5-7-12-16)18-19-14(2)9-8-10-15(19)3/h5-7,11-12,14-15,17-18H,4,8-10,13H2,1-3H3. The minimum absolute atomic E-state index is 0.547. The summed E-state index contributed by atoms with van der Waals surface area (Å²) in [5.41, 5.74) is 5.22. The highest BCUT2D eigenvalue weighted by molar-refractivity contribution is 5.15. The van der Waals surface area contributed by atoms with Crippen LogP contribution in [-0.4, -0.2) is 23.1 Å². The van der Waals surface area contributed by atoms with Crippen LogP contribution in [0.3, 0.4) is 0 Å². The van der Waals surface area contributed by atoms with E-state index in [2.05, 4.69) is 61.5 Å². The molecule has 3 unspecified atom stereocenters. The Morgan fingerprint density at radius 2 is 1.79 bits per heavy atom. The lowest BCUT2D eigenvalue weighted by Crippen LogP contribution is -2.55. The molecule has 1 N–H and O–H groups in total. The first-order valence-corrected chi connectivity index (χ1v) is 7.79. The number of hydrogen-bond donors (Lipinski definition) is 1. The van der Waals surface area contributed by atoms with Gasteiger partial charge in [-0.25, -0.2) is 5.01 Å². The SMILES string of the molecule is CCC(Cc1ccccc1)NN1C(C)CCCC1C. The maximum absolute atomic E-state index is 3.79. The molecule has 1 heterocycles. The van der Waals surface area contributed by atoms with Crippen LogP contribution in [-0.2, 0) is 6.42 Å². The Morgan fingerprint density at radius 1 is 1.16 bits per heavy atom. The number of hydrazine groups is 1. The molecule has 0 radical (unpaired) electrons. The van der Waals surface area contributed by atoms with Gasteiger partial charge in [0.1, 0.15) is 0 Å². The normalized spacial score (nSPS) is 26.3. The number of nitrogens with zero attached hydrogens (tertiary/aromatic N) is 1. The quantitative estimate of drug-likeness (QED) is 0.867. The Morgan fingerprint density at radius 3 is 2.37 bits per heavy atom. The lowest BCUT2D eigenvalue weighted by atomic mass is 9.99. The van der Waals surface area contributed by atoms with Crippen LogP contribution in [0.25, 0.3) is 0 Å². The van der Waals surface area contributed by atoms with Gasteiger partial charge in [0.05, 0.1) is 0 Å². The van der Waals surface area contributed by atoms with Gasteiger partial charge in [0.2, 0.25) is 0 Å². The zero-order chi connectivity index (χ0) is 13.7. The van der Waals surface area contributed by atoms with Gasteiger partial charge in [-0.2, -0.15) is 0 Å². The number of rotatable bonds is 5. The Labute approximate surface area is 118 Å². The third-order valence-electron chi connectivity index (χ3n) is 4.34. The molecule has 0 saturated carbocycles. The molecular weight excluding hydrogens is 232 g/mol. The van der Waals surface area contributed by atoms with E-state index >= 15 is 0 Å². The van der Waals surface area contributed by atoms with Crippen molar-refractivity contribution in [2.45, 2.75) is 71.0 Å². The zero-order valence-electron chi connectivity index (χ0n) is 12.6. The number of nitrogens with one attached hydrogen (secondary N) is 1. The number of hydrogen-bond acceptors (Lipinski definition) is 2. The minimum atomic E-state index is 0.547. The second-order valence-electron chi connectivity index (χ2n) is 5.96. The summed E-state index contributed by atoms with van der Waals surface area (Å²) in [4.78, 5) is 0. The van der Waals surface area contributed by atoms with Gasteiger partial charge in [-0.3, -0.25) is 5.43 Å². The Hall–Kier alpha value is -0.860. The van der Waals surface area contributed by atoms with Gasteiger partial charge in [-0.15, -0.1) is 0 Å². The summed E-state index contributed by atoms with van der Waals surface area (Å²) < 4.78 is 0. The summed E-state index contributed by atoms with van der Waals surface area (Å²) in [6.07, 6.45) is 6.30. The molecule has 19 heavy (non-hydrogen) atoms. The highest BCUT2D eigenvalue weighted by Gasteiger charge is 2.26. The fourth-order valence-corrected chi connectivity index (χ4v) is 3.07. The van der Waals surface area contributed by atoms with Crippen molar-refractivity contribution in [1.29, 1.82) is 0 Å². The summed E-state index contributed by atoms with van der Waals surface area (Å²) in [5, 5.41) is 2.50. The van der Waals surface area contributed by atoms with Crippen LogP contribution in [0.5, 0.6) is 0 Å². The molecule has 106 valence electrons. The summed E-state index contributed by atoms with van der Waals surface area (Å²) in [5.74, 6) is 0. The molecule has 1 aromatic carbocycles. The Kier molecular flexibility index (Phi) is 5.41. The van der Waals surface area contributed by atoms with Crippen molar-refractivity contribution >= 4 is 0 Å². The van der Waals surface area contributed by atoms with Crippen LogP contribution < -0.4 is 5.43 Å². The van der Waals surface area contributed by atoms with E-state index in [1.165, 1.54) is 31.2 Å². The van der Waals surface area contributed by atoms with Gasteiger partial charge in [0.15, 0.2) is 0 Å². The summed E-state index contributed by atoms with van der Waals surface area (Å²) in [6.45, 7) is 6.97. The highest BCUT2D eigenvalue weighted by atomic mass is 15.5. The smallest absolute Gasteiger partial charge is 0.0253 e. The monoisotopic (exact) mass is 260 g/mol. The van der Waals surface area contributed by atoms with Crippen LogP contribution >= 0.6 is 0 Å². The fraction of sp³-hybridized carbons (Fsp3) is 0.647. The molecule has 3 atom stereocenters. The average molecular weight is 260 g/mol. The minimum Gasteiger partial charge on any atom is -0.251 e. The molecule has 2 nitrogen and oxygen atoms in total. The maximum Gasteiger partial charge on any atom is 0.0253 e. The molecule has 1 aliphatic rings. The van der Waals surface area contributed by atoms with Gasteiger partial charge in [0.25, 0.3) is 0 Å². The van der Waals surface area contributed by atoms with Gasteiger partial charge >= 0.3 is 0 Å². The molecular formula is C17H28N2. The molecule has 0 amide bonds. The highest BCUT2D eigenvalue weighted by Crippen LogP contribution is 2.21. The predicted octanol–water partition coefficient (Wildman–Crippen LogP) is 3.78. The molecule has 0 spiro atoms. The van der Waals surface area contributed by atoms with E-state index in [4.69, 9.17) is 0 Å². The van der Waals surface area contributed by atoms with Crippen molar-refractivity contribution in [3.05, 3.63) is 35.9 Å². The van der Waals surface area contributed by atoms with Gasteiger partial charge in [-0.05, 0) is 45.1 Å². The van der Waals surface area contributed by atoms with E-state index in [0.29, 0.717) is 18.1 Å². The second-order valence-corrected chi connectivity index (χ2v) is 5.96. The Balaban J connectivity index is 1.94. The molecule has 1 aliphatic heterocycles. The van der Waals surface area contributed by atoms with Crippen molar-refractivity contribution in [2.24, 2.45) is 0 Å². The lowest BCUT2D eigenvalue weighted by Gasteiger charge is -2.41.